The van der Waals surface area contributed by atoms with Crippen LogP contribution in [0.3, 0.4) is 0 Å². The molecular formula is C17H22N4O3. The number of aromatic nitrogens is 2. The Morgan fingerprint density at radius 1 is 1.29 bits per heavy atom. The average Bonchev–Trinajstić information content (AvgIpc) is 2.92. The van der Waals surface area contributed by atoms with Crippen molar-refractivity contribution in [1.82, 2.24) is 20.4 Å². The highest BCUT2D eigenvalue weighted by Gasteiger charge is 2.17. The van der Waals surface area contributed by atoms with Crippen molar-refractivity contribution in [1.29, 1.82) is 0 Å². The Morgan fingerprint density at radius 3 is 2.92 bits per heavy atom. The van der Waals surface area contributed by atoms with Crippen LogP contribution in [0.1, 0.15) is 18.7 Å². The zero-order valence-electron chi connectivity index (χ0n) is 13.8. The number of benzene rings is 1. The number of aryl methyl sites for hydroxylation is 1. The molecule has 2 aromatic rings. The van der Waals surface area contributed by atoms with Crippen LogP contribution in [0.5, 0.6) is 5.75 Å². The van der Waals surface area contributed by atoms with Crippen LogP contribution in [0.25, 0.3) is 11.4 Å². The van der Waals surface area contributed by atoms with Gasteiger partial charge in [-0.15, -0.1) is 0 Å². The minimum Gasteiger partial charge on any atom is -0.497 e. The Kier molecular flexibility index (Phi) is 5.43. The van der Waals surface area contributed by atoms with E-state index in [1.54, 1.807) is 7.11 Å². The van der Waals surface area contributed by atoms with Crippen molar-refractivity contribution >= 4 is 5.91 Å². The predicted octanol–water partition coefficient (Wildman–Crippen LogP) is 1.50. The third-order valence-electron chi connectivity index (χ3n) is 4.06. The van der Waals surface area contributed by atoms with Gasteiger partial charge in [-0.2, -0.15) is 4.98 Å². The molecule has 1 saturated heterocycles. The molecule has 3 rings (SSSR count). The molecule has 0 bridgehead atoms. The fourth-order valence-electron chi connectivity index (χ4n) is 2.68. The maximum absolute atomic E-state index is 12.3. The van der Waals surface area contributed by atoms with Gasteiger partial charge >= 0.3 is 0 Å². The van der Waals surface area contributed by atoms with Crippen molar-refractivity contribution in [2.45, 2.75) is 19.3 Å². The predicted molar refractivity (Wildman–Crippen MR) is 88.7 cm³/mol. The second kappa shape index (κ2) is 7.92. The number of carbonyl (C=O) groups is 1. The third-order valence-corrected chi connectivity index (χ3v) is 4.06. The fourth-order valence-corrected chi connectivity index (χ4v) is 2.68. The summed E-state index contributed by atoms with van der Waals surface area (Å²) in [6.07, 6.45) is 1.85. The number of carbonyl (C=O) groups excluding carboxylic acids is 1. The number of rotatable bonds is 5. The Labute approximate surface area is 141 Å². The molecule has 1 N–H and O–H groups in total. The Bertz CT molecular complexity index is 661. The molecule has 0 aliphatic carbocycles. The van der Waals surface area contributed by atoms with Crippen LogP contribution in [0.15, 0.2) is 28.8 Å². The molecular weight excluding hydrogens is 308 g/mol. The van der Waals surface area contributed by atoms with Crippen molar-refractivity contribution in [3.8, 4) is 17.1 Å². The van der Waals surface area contributed by atoms with E-state index in [-0.39, 0.29) is 5.91 Å². The molecule has 7 nitrogen and oxygen atoms in total. The van der Waals surface area contributed by atoms with Gasteiger partial charge < -0.3 is 19.5 Å². The Balaban J connectivity index is 1.56. The van der Waals surface area contributed by atoms with E-state index in [1.807, 2.05) is 29.2 Å². The van der Waals surface area contributed by atoms with Crippen LogP contribution in [0, 0.1) is 0 Å². The zero-order valence-corrected chi connectivity index (χ0v) is 13.8. The smallest absolute Gasteiger partial charge is 0.227 e. The van der Waals surface area contributed by atoms with E-state index in [0.29, 0.717) is 24.6 Å². The van der Waals surface area contributed by atoms with Crippen LogP contribution in [0.4, 0.5) is 0 Å². The summed E-state index contributed by atoms with van der Waals surface area (Å²) in [7, 11) is 1.62. The molecule has 0 atom stereocenters. The summed E-state index contributed by atoms with van der Waals surface area (Å²) in [6, 6.07) is 7.45. The van der Waals surface area contributed by atoms with Gasteiger partial charge in [-0.05, 0) is 37.2 Å². The summed E-state index contributed by atoms with van der Waals surface area (Å²) in [5, 5.41) is 7.28. The molecule has 24 heavy (non-hydrogen) atoms. The van der Waals surface area contributed by atoms with Gasteiger partial charge in [0.25, 0.3) is 0 Å². The lowest BCUT2D eigenvalue weighted by Gasteiger charge is -2.19. The van der Waals surface area contributed by atoms with Crippen LogP contribution in [-0.4, -0.2) is 54.2 Å². The minimum atomic E-state index is 0.142. The molecule has 1 aromatic heterocycles. The van der Waals surface area contributed by atoms with Crippen LogP contribution in [-0.2, 0) is 11.2 Å². The summed E-state index contributed by atoms with van der Waals surface area (Å²) in [5.41, 5.74) is 0.857. The SMILES string of the molecule is COc1ccc(-c2noc(CCC(=O)N3CCCNCC3)n2)cc1. The standard InChI is InChI=1S/C17H22N4O3/c1-23-14-5-3-13(4-6-14)17-19-15(24-20-17)7-8-16(22)21-11-2-9-18-10-12-21/h3-6,18H,2,7-12H2,1H3. The Morgan fingerprint density at radius 2 is 2.12 bits per heavy atom. The van der Waals surface area contributed by atoms with Crippen LogP contribution < -0.4 is 10.1 Å². The van der Waals surface area contributed by atoms with Crippen molar-refractivity contribution < 1.29 is 14.1 Å². The molecule has 1 aromatic carbocycles. The fraction of sp³-hybridized carbons (Fsp3) is 0.471. The quantitative estimate of drug-likeness (QED) is 0.895. The van der Waals surface area contributed by atoms with E-state index in [1.165, 1.54) is 0 Å². The summed E-state index contributed by atoms with van der Waals surface area (Å²) >= 11 is 0. The number of amides is 1. The molecule has 0 saturated carbocycles. The van der Waals surface area contributed by atoms with Gasteiger partial charge in [-0.25, -0.2) is 0 Å². The highest BCUT2D eigenvalue weighted by Crippen LogP contribution is 2.20. The molecule has 7 heteroatoms. The van der Waals surface area contributed by atoms with Crippen LogP contribution >= 0.6 is 0 Å². The molecule has 2 heterocycles. The maximum atomic E-state index is 12.3. The van der Waals surface area contributed by atoms with Crippen molar-refractivity contribution in [2.24, 2.45) is 0 Å². The number of methoxy groups -OCH3 is 1. The van der Waals surface area contributed by atoms with Crippen molar-refractivity contribution in [3.63, 3.8) is 0 Å². The molecule has 1 fully saturated rings. The molecule has 0 radical (unpaired) electrons. The third kappa shape index (κ3) is 4.11. The van der Waals surface area contributed by atoms with E-state index >= 15 is 0 Å². The summed E-state index contributed by atoms with van der Waals surface area (Å²) in [5.74, 6) is 1.93. The number of nitrogens with zero attached hydrogens (tertiary/aromatic N) is 3. The Hall–Kier alpha value is -2.41. The van der Waals surface area contributed by atoms with Gasteiger partial charge in [0.2, 0.25) is 17.6 Å². The highest BCUT2D eigenvalue weighted by molar-refractivity contribution is 5.76. The topological polar surface area (TPSA) is 80.5 Å². The van der Waals surface area contributed by atoms with Gasteiger partial charge in [-0.3, -0.25) is 4.79 Å². The second-order valence-electron chi connectivity index (χ2n) is 5.72. The van der Waals surface area contributed by atoms with Gasteiger partial charge in [0.15, 0.2) is 0 Å². The van der Waals surface area contributed by atoms with Gasteiger partial charge in [0.1, 0.15) is 5.75 Å². The molecule has 1 aliphatic heterocycles. The van der Waals surface area contributed by atoms with E-state index < -0.39 is 0 Å². The number of ether oxygens (including phenoxy) is 1. The molecule has 1 aliphatic rings. The lowest BCUT2D eigenvalue weighted by atomic mass is 10.2. The first-order valence-electron chi connectivity index (χ1n) is 8.22. The molecule has 1 amide bonds. The number of nitrogens with one attached hydrogen (secondary N) is 1. The van der Waals surface area contributed by atoms with E-state index in [2.05, 4.69) is 15.5 Å². The first-order chi connectivity index (χ1) is 11.8. The zero-order chi connectivity index (χ0) is 16.8. The monoisotopic (exact) mass is 330 g/mol. The minimum absolute atomic E-state index is 0.142. The van der Waals surface area contributed by atoms with Gasteiger partial charge in [-0.1, -0.05) is 5.16 Å². The van der Waals surface area contributed by atoms with E-state index in [0.717, 1.165) is 43.9 Å². The van der Waals surface area contributed by atoms with Crippen molar-refractivity contribution in [3.05, 3.63) is 30.2 Å². The lowest BCUT2D eigenvalue weighted by molar-refractivity contribution is -0.131. The highest BCUT2D eigenvalue weighted by atomic mass is 16.5. The maximum Gasteiger partial charge on any atom is 0.227 e. The van der Waals surface area contributed by atoms with Crippen LogP contribution in [0.2, 0.25) is 0 Å². The second-order valence-corrected chi connectivity index (χ2v) is 5.72. The van der Waals surface area contributed by atoms with E-state index in [9.17, 15) is 4.79 Å². The number of hydrogen-bond donors (Lipinski definition) is 1. The largest absolute Gasteiger partial charge is 0.497 e. The lowest BCUT2D eigenvalue weighted by Crippen LogP contribution is -2.34. The van der Waals surface area contributed by atoms with E-state index in [4.69, 9.17) is 9.26 Å². The normalized spacial score (nSPS) is 15.1. The first kappa shape index (κ1) is 16.4. The van der Waals surface area contributed by atoms with Gasteiger partial charge in [0.05, 0.1) is 7.11 Å². The summed E-state index contributed by atoms with van der Waals surface area (Å²) in [4.78, 5) is 18.5. The summed E-state index contributed by atoms with van der Waals surface area (Å²) in [6.45, 7) is 3.40. The molecule has 128 valence electrons. The first-order valence-corrected chi connectivity index (χ1v) is 8.22. The van der Waals surface area contributed by atoms with Gasteiger partial charge in [0, 0.05) is 38.0 Å². The average molecular weight is 330 g/mol. The molecule has 0 spiro atoms. The van der Waals surface area contributed by atoms with Crippen molar-refractivity contribution in [2.75, 3.05) is 33.3 Å². The molecule has 0 unspecified atom stereocenters. The number of hydrogen-bond acceptors (Lipinski definition) is 6. The summed E-state index contributed by atoms with van der Waals surface area (Å²) < 4.78 is 10.4.